The highest BCUT2D eigenvalue weighted by Crippen LogP contribution is 2.13. The zero-order chi connectivity index (χ0) is 37.6. The molecule has 0 bridgehead atoms. The van der Waals surface area contributed by atoms with Crippen molar-refractivity contribution in [1.82, 2.24) is 24.9 Å². The molecule has 0 aliphatic heterocycles. The molecule has 0 radical (unpaired) electrons. The lowest BCUT2D eigenvalue weighted by molar-refractivity contribution is 0.161. The Morgan fingerprint density at radius 2 is 0.436 bits per heavy atom. The molecule has 284 valence electrons. The third-order valence-corrected chi connectivity index (χ3v) is 10.2. The summed E-state index contributed by atoms with van der Waals surface area (Å²) in [6, 6.07) is 65.5. The highest BCUT2D eigenvalue weighted by atomic mass is 15.2. The van der Waals surface area contributed by atoms with E-state index < -0.39 is 0 Å². The van der Waals surface area contributed by atoms with E-state index in [1.165, 1.54) is 33.4 Å². The van der Waals surface area contributed by atoms with Crippen molar-refractivity contribution in [3.63, 3.8) is 0 Å². The number of nitrogens with zero attached hydrogens (tertiary/aromatic N) is 4. The van der Waals surface area contributed by atoms with Crippen LogP contribution in [0.15, 0.2) is 182 Å². The highest BCUT2D eigenvalue weighted by Gasteiger charge is 2.15. The van der Waals surface area contributed by atoms with Gasteiger partial charge in [0, 0.05) is 91.6 Å². The van der Waals surface area contributed by atoms with Gasteiger partial charge in [0.15, 0.2) is 0 Å². The summed E-state index contributed by atoms with van der Waals surface area (Å²) in [5, 5.41) is 3.81. The fourth-order valence-electron chi connectivity index (χ4n) is 7.18. The lowest BCUT2D eigenvalue weighted by atomic mass is 10.1. The lowest BCUT2D eigenvalue weighted by Gasteiger charge is -2.31. The monoisotopic (exact) mass is 729 g/mol. The molecule has 0 fully saturated rings. The molecule has 0 spiro atoms. The number of benzene rings is 6. The quantitative estimate of drug-likeness (QED) is 0.0628. The first-order chi connectivity index (χ1) is 27.2. The molecule has 6 aromatic carbocycles. The Labute approximate surface area is 330 Å². The van der Waals surface area contributed by atoms with Crippen molar-refractivity contribution in [1.29, 1.82) is 0 Å². The molecule has 1 N–H and O–H groups in total. The normalized spacial score (nSPS) is 11.6. The van der Waals surface area contributed by atoms with Gasteiger partial charge in [-0.25, -0.2) is 0 Å². The van der Waals surface area contributed by atoms with Crippen LogP contribution in [0.3, 0.4) is 0 Å². The average molecular weight is 730 g/mol. The van der Waals surface area contributed by atoms with Gasteiger partial charge in [0.05, 0.1) is 0 Å². The predicted molar refractivity (Wildman–Crippen MR) is 230 cm³/mol. The molecule has 0 aliphatic carbocycles. The average Bonchev–Trinajstić information content (AvgIpc) is 3.23. The topological polar surface area (TPSA) is 25.0 Å². The van der Waals surface area contributed by atoms with Crippen molar-refractivity contribution in [2.75, 3.05) is 52.4 Å². The van der Waals surface area contributed by atoms with Crippen molar-refractivity contribution in [3.8, 4) is 0 Å². The molecule has 0 aromatic heterocycles. The minimum Gasteiger partial charge on any atom is -0.314 e. The van der Waals surface area contributed by atoms with Crippen LogP contribution in [0.5, 0.6) is 0 Å². The van der Waals surface area contributed by atoms with Crippen molar-refractivity contribution < 1.29 is 0 Å². The zero-order valence-electron chi connectivity index (χ0n) is 32.5. The summed E-state index contributed by atoms with van der Waals surface area (Å²) in [5.41, 5.74) is 8.17. The van der Waals surface area contributed by atoms with Gasteiger partial charge in [-0.1, -0.05) is 182 Å². The molecule has 0 amide bonds. The molecule has 6 rings (SSSR count). The summed E-state index contributed by atoms with van der Waals surface area (Å²) >= 11 is 0. The van der Waals surface area contributed by atoms with Crippen LogP contribution >= 0.6 is 0 Å². The third-order valence-electron chi connectivity index (χ3n) is 10.2. The predicted octanol–water partition coefficient (Wildman–Crippen LogP) is 8.99. The van der Waals surface area contributed by atoms with Crippen molar-refractivity contribution in [3.05, 3.63) is 215 Å². The SMILES string of the molecule is c1ccc(CN(CCNCCN(Cc2ccccc2)Cc2ccccc2)CCN(CCN(Cc2ccccc2)Cc2ccccc2)Cc2ccccc2)cc1. The van der Waals surface area contributed by atoms with Crippen LogP contribution in [0, 0.1) is 0 Å². The smallest absolute Gasteiger partial charge is 0.0237 e. The first kappa shape index (κ1) is 39.8. The summed E-state index contributed by atoms with van der Waals surface area (Å²) < 4.78 is 0. The Morgan fingerprint density at radius 1 is 0.236 bits per heavy atom. The second-order valence-electron chi connectivity index (χ2n) is 14.6. The molecule has 0 aliphatic rings. The molecule has 5 nitrogen and oxygen atoms in total. The van der Waals surface area contributed by atoms with Gasteiger partial charge in [0.25, 0.3) is 0 Å². The lowest BCUT2D eigenvalue weighted by Crippen LogP contribution is -2.41. The molecule has 0 atom stereocenters. The minimum absolute atomic E-state index is 0.939. The molecule has 0 unspecified atom stereocenters. The van der Waals surface area contributed by atoms with Crippen LogP contribution in [0.4, 0.5) is 0 Å². The molecule has 0 saturated carbocycles. The Morgan fingerprint density at radius 3 is 0.727 bits per heavy atom. The van der Waals surface area contributed by atoms with Crippen LogP contribution in [0.1, 0.15) is 33.4 Å². The Balaban J connectivity index is 1.07. The van der Waals surface area contributed by atoms with Crippen LogP contribution in [0.2, 0.25) is 0 Å². The first-order valence-electron chi connectivity index (χ1n) is 20.1. The number of hydrogen-bond donors (Lipinski definition) is 1. The van der Waals surface area contributed by atoms with Crippen LogP contribution in [0.25, 0.3) is 0 Å². The van der Waals surface area contributed by atoms with Crippen molar-refractivity contribution in [2.24, 2.45) is 0 Å². The molecule has 55 heavy (non-hydrogen) atoms. The second-order valence-corrected chi connectivity index (χ2v) is 14.6. The van der Waals surface area contributed by atoms with Crippen LogP contribution < -0.4 is 5.32 Å². The van der Waals surface area contributed by atoms with Gasteiger partial charge in [-0.3, -0.25) is 19.6 Å². The van der Waals surface area contributed by atoms with Crippen LogP contribution in [-0.2, 0) is 39.3 Å². The van der Waals surface area contributed by atoms with Crippen LogP contribution in [-0.4, -0.2) is 72.0 Å². The van der Waals surface area contributed by atoms with Gasteiger partial charge >= 0.3 is 0 Å². The summed E-state index contributed by atoms with van der Waals surface area (Å²) in [7, 11) is 0. The summed E-state index contributed by atoms with van der Waals surface area (Å²) in [6.45, 7) is 13.6. The molecular formula is C50H59N5. The van der Waals surface area contributed by atoms with E-state index in [2.05, 4.69) is 207 Å². The summed E-state index contributed by atoms with van der Waals surface area (Å²) in [5.74, 6) is 0. The van der Waals surface area contributed by atoms with Gasteiger partial charge in [-0.05, 0) is 33.4 Å². The van der Waals surface area contributed by atoms with E-state index in [9.17, 15) is 0 Å². The maximum absolute atomic E-state index is 3.81. The summed E-state index contributed by atoms with van der Waals surface area (Å²) in [4.78, 5) is 10.5. The molecule has 0 heterocycles. The Bertz CT molecular complexity index is 1760. The number of nitrogens with one attached hydrogen (secondary N) is 1. The van der Waals surface area contributed by atoms with Gasteiger partial charge in [-0.2, -0.15) is 0 Å². The summed E-state index contributed by atoms with van der Waals surface area (Å²) in [6.07, 6.45) is 0. The van der Waals surface area contributed by atoms with E-state index in [0.717, 1.165) is 91.6 Å². The first-order valence-corrected chi connectivity index (χ1v) is 20.1. The van der Waals surface area contributed by atoms with Gasteiger partial charge in [0.1, 0.15) is 0 Å². The second kappa shape index (κ2) is 23.1. The zero-order valence-corrected chi connectivity index (χ0v) is 32.5. The largest absolute Gasteiger partial charge is 0.314 e. The molecule has 0 saturated heterocycles. The maximum Gasteiger partial charge on any atom is 0.0237 e. The van der Waals surface area contributed by atoms with Gasteiger partial charge in [0.2, 0.25) is 0 Å². The Kier molecular flexibility index (Phi) is 16.7. The van der Waals surface area contributed by atoms with Gasteiger partial charge in [-0.15, -0.1) is 0 Å². The Hall–Kier alpha value is -4.88. The maximum atomic E-state index is 3.81. The van der Waals surface area contributed by atoms with E-state index in [1.54, 1.807) is 0 Å². The third kappa shape index (κ3) is 15.1. The minimum atomic E-state index is 0.939. The highest BCUT2D eigenvalue weighted by molar-refractivity contribution is 5.19. The molecule has 6 aromatic rings. The van der Waals surface area contributed by atoms with E-state index in [4.69, 9.17) is 0 Å². The molecular weight excluding hydrogens is 671 g/mol. The van der Waals surface area contributed by atoms with E-state index in [0.29, 0.717) is 0 Å². The van der Waals surface area contributed by atoms with E-state index in [-0.39, 0.29) is 0 Å². The standard InChI is InChI=1S/C50H59N5/c1-7-19-45(20-8-1)39-52(33-31-51-32-34-54(41-47-23-11-3-12-24-47)42-48-25-13-4-14-26-48)35-36-53(40-46-21-9-2-10-22-46)37-38-55(43-49-27-15-5-16-28-49)44-50-29-17-6-18-30-50/h1-30,51H,31-44H2. The van der Waals surface area contributed by atoms with Crippen molar-refractivity contribution >= 4 is 0 Å². The number of rotatable bonds is 24. The number of hydrogen-bond acceptors (Lipinski definition) is 5. The van der Waals surface area contributed by atoms with Gasteiger partial charge < -0.3 is 5.32 Å². The fourth-order valence-corrected chi connectivity index (χ4v) is 7.18. The van der Waals surface area contributed by atoms with E-state index in [1.807, 2.05) is 0 Å². The molecule has 5 heteroatoms. The van der Waals surface area contributed by atoms with E-state index >= 15 is 0 Å². The fraction of sp³-hybridized carbons (Fsp3) is 0.280. The van der Waals surface area contributed by atoms with Crippen molar-refractivity contribution in [2.45, 2.75) is 39.3 Å².